The minimum Gasteiger partial charge on any atom is -0.465 e. The third kappa shape index (κ3) is 1.49. The predicted octanol–water partition coefficient (Wildman–Crippen LogP) is 1.60. The summed E-state index contributed by atoms with van der Waals surface area (Å²) in [6, 6.07) is 0. The van der Waals surface area contributed by atoms with Gasteiger partial charge >= 0.3 is 5.97 Å². The standard InChI is InChI=1S/C8H14O2/c1-3-6(2)7-4-8(9)10-5-7/h6-7H,3-5H2,1-2H3. The van der Waals surface area contributed by atoms with E-state index in [1.165, 1.54) is 0 Å². The third-order valence-electron chi connectivity index (χ3n) is 2.34. The van der Waals surface area contributed by atoms with Crippen LogP contribution in [-0.4, -0.2) is 12.6 Å². The van der Waals surface area contributed by atoms with Gasteiger partial charge in [-0.3, -0.25) is 4.79 Å². The van der Waals surface area contributed by atoms with Crippen molar-refractivity contribution in [1.82, 2.24) is 0 Å². The zero-order valence-corrected chi connectivity index (χ0v) is 6.59. The van der Waals surface area contributed by atoms with Crippen LogP contribution in [0.2, 0.25) is 0 Å². The van der Waals surface area contributed by atoms with Gasteiger partial charge in [-0.15, -0.1) is 0 Å². The molecule has 1 fully saturated rings. The van der Waals surface area contributed by atoms with Crippen molar-refractivity contribution in [2.75, 3.05) is 6.61 Å². The quantitative estimate of drug-likeness (QED) is 0.547. The highest BCUT2D eigenvalue weighted by atomic mass is 16.5. The van der Waals surface area contributed by atoms with E-state index in [2.05, 4.69) is 13.8 Å². The second-order valence-electron chi connectivity index (χ2n) is 3.03. The molecule has 58 valence electrons. The summed E-state index contributed by atoms with van der Waals surface area (Å²) in [6.45, 7) is 4.97. The molecule has 0 aromatic carbocycles. The maximum Gasteiger partial charge on any atom is 0.306 e. The van der Waals surface area contributed by atoms with E-state index in [1.54, 1.807) is 0 Å². The fraction of sp³-hybridized carbons (Fsp3) is 0.875. The van der Waals surface area contributed by atoms with Crippen molar-refractivity contribution in [3.8, 4) is 0 Å². The molecule has 2 nitrogen and oxygen atoms in total. The lowest BCUT2D eigenvalue weighted by molar-refractivity contribution is -0.137. The van der Waals surface area contributed by atoms with Crippen LogP contribution in [0.1, 0.15) is 26.7 Å². The fourth-order valence-corrected chi connectivity index (χ4v) is 1.23. The fourth-order valence-electron chi connectivity index (χ4n) is 1.23. The van der Waals surface area contributed by atoms with Gasteiger partial charge < -0.3 is 4.74 Å². The summed E-state index contributed by atoms with van der Waals surface area (Å²) in [4.78, 5) is 10.7. The number of ether oxygens (including phenoxy) is 1. The number of hydrogen-bond acceptors (Lipinski definition) is 2. The summed E-state index contributed by atoms with van der Waals surface area (Å²) < 4.78 is 4.85. The molecule has 1 aliphatic heterocycles. The van der Waals surface area contributed by atoms with Crippen molar-refractivity contribution < 1.29 is 9.53 Å². The molecule has 0 aromatic heterocycles. The lowest BCUT2D eigenvalue weighted by Gasteiger charge is -2.12. The Kier molecular flexibility index (Phi) is 2.30. The van der Waals surface area contributed by atoms with E-state index >= 15 is 0 Å². The average Bonchev–Trinajstić information content (AvgIpc) is 2.34. The zero-order chi connectivity index (χ0) is 7.56. The smallest absolute Gasteiger partial charge is 0.306 e. The van der Waals surface area contributed by atoms with E-state index < -0.39 is 0 Å². The largest absolute Gasteiger partial charge is 0.465 e. The van der Waals surface area contributed by atoms with Crippen LogP contribution in [0, 0.1) is 11.8 Å². The van der Waals surface area contributed by atoms with Gasteiger partial charge in [0.05, 0.1) is 13.0 Å². The van der Waals surface area contributed by atoms with Crippen molar-refractivity contribution in [2.24, 2.45) is 11.8 Å². The summed E-state index contributed by atoms with van der Waals surface area (Å²) in [7, 11) is 0. The van der Waals surface area contributed by atoms with E-state index in [0.29, 0.717) is 24.9 Å². The maximum absolute atomic E-state index is 10.7. The average molecular weight is 142 g/mol. The first-order chi connectivity index (χ1) is 4.74. The van der Waals surface area contributed by atoms with Gasteiger partial charge in [-0.2, -0.15) is 0 Å². The molecule has 1 rings (SSSR count). The van der Waals surface area contributed by atoms with Gasteiger partial charge in [0, 0.05) is 5.92 Å². The van der Waals surface area contributed by atoms with Crippen LogP contribution in [0.25, 0.3) is 0 Å². The minimum atomic E-state index is -0.0229. The van der Waals surface area contributed by atoms with E-state index in [1.807, 2.05) is 0 Å². The van der Waals surface area contributed by atoms with Gasteiger partial charge in [-0.25, -0.2) is 0 Å². The van der Waals surface area contributed by atoms with Crippen LogP contribution in [0.5, 0.6) is 0 Å². The van der Waals surface area contributed by atoms with E-state index in [-0.39, 0.29) is 5.97 Å². The molecular formula is C8H14O2. The Morgan fingerprint density at radius 3 is 2.90 bits per heavy atom. The highest BCUT2D eigenvalue weighted by Gasteiger charge is 2.27. The Hall–Kier alpha value is -0.530. The molecule has 1 aliphatic rings. The molecule has 0 spiro atoms. The Morgan fingerprint density at radius 1 is 1.80 bits per heavy atom. The van der Waals surface area contributed by atoms with E-state index in [0.717, 1.165) is 6.42 Å². The first-order valence-corrected chi connectivity index (χ1v) is 3.89. The highest BCUT2D eigenvalue weighted by Crippen LogP contribution is 2.24. The van der Waals surface area contributed by atoms with Crippen LogP contribution >= 0.6 is 0 Å². The number of esters is 1. The Balaban J connectivity index is 2.36. The van der Waals surface area contributed by atoms with Gasteiger partial charge in [-0.05, 0) is 5.92 Å². The van der Waals surface area contributed by atoms with Gasteiger partial charge in [0.1, 0.15) is 0 Å². The van der Waals surface area contributed by atoms with Gasteiger partial charge in [0.15, 0.2) is 0 Å². The van der Waals surface area contributed by atoms with Crippen molar-refractivity contribution >= 4 is 5.97 Å². The van der Waals surface area contributed by atoms with Crippen molar-refractivity contribution in [2.45, 2.75) is 26.7 Å². The number of rotatable bonds is 2. The third-order valence-corrected chi connectivity index (χ3v) is 2.34. The van der Waals surface area contributed by atoms with Gasteiger partial charge in [-0.1, -0.05) is 20.3 Å². The predicted molar refractivity (Wildman–Crippen MR) is 38.5 cm³/mol. The van der Waals surface area contributed by atoms with Crippen LogP contribution in [0.4, 0.5) is 0 Å². The molecule has 0 bridgehead atoms. The molecule has 2 unspecified atom stereocenters. The number of carbonyl (C=O) groups excluding carboxylic acids is 1. The van der Waals surface area contributed by atoms with E-state index in [4.69, 9.17) is 4.74 Å². The first-order valence-electron chi connectivity index (χ1n) is 3.89. The number of cyclic esters (lactones) is 1. The van der Waals surface area contributed by atoms with Crippen molar-refractivity contribution in [1.29, 1.82) is 0 Å². The Morgan fingerprint density at radius 2 is 2.50 bits per heavy atom. The van der Waals surface area contributed by atoms with Crippen LogP contribution in [0.15, 0.2) is 0 Å². The van der Waals surface area contributed by atoms with E-state index in [9.17, 15) is 4.79 Å². The first kappa shape index (κ1) is 7.58. The highest BCUT2D eigenvalue weighted by molar-refractivity contribution is 5.71. The van der Waals surface area contributed by atoms with Crippen molar-refractivity contribution in [3.05, 3.63) is 0 Å². The summed E-state index contributed by atoms with van der Waals surface area (Å²) in [5.74, 6) is 1.09. The molecule has 1 saturated heterocycles. The topological polar surface area (TPSA) is 26.3 Å². The molecular weight excluding hydrogens is 128 g/mol. The summed E-state index contributed by atoms with van der Waals surface area (Å²) in [5.41, 5.74) is 0. The molecule has 0 aliphatic carbocycles. The SMILES string of the molecule is CCC(C)C1COC(=O)C1. The van der Waals surface area contributed by atoms with Gasteiger partial charge in [0.25, 0.3) is 0 Å². The van der Waals surface area contributed by atoms with Crippen LogP contribution in [-0.2, 0) is 9.53 Å². The lowest BCUT2D eigenvalue weighted by atomic mass is 9.91. The summed E-state index contributed by atoms with van der Waals surface area (Å²) in [5, 5.41) is 0. The maximum atomic E-state index is 10.7. The Labute approximate surface area is 61.6 Å². The second kappa shape index (κ2) is 3.04. The number of hydrogen-bond donors (Lipinski definition) is 0. The normalized spacial score (nSPS) is 28.2. The molecule has 0 radical (unpaired) electrons. The minimum absolute atomic E-state index is 0.0229. The molecule has 10 heavy (non-hydrogen) atoms. The summed E-state index contributed by atoms with van der Waals surface area (Å²) in [6.07, 6.45) is 1.77. The molecule has 2 heteroatoms. The molecule has 2 atom stereocenters. The molecule has 0 saturated carbocycles. The van der Waals surface area contributed by atoms with Crippen molar-refractivity contribution in [3.63, 3.8) is 0 Å². The molecule has 0 amide bonds. The monoisotopic (exact) mass is 142 g/mol. The number of carbonyl (C=O) groups is 1. The second-order valence-corrected chi connectivity index (χ2v) is 3.03. The zero-order valence-electron chi connectivity index (χ0n) is 6.59. The molecule has 0 N–H and O–H groups in total. The Bertz CT molecular complexity index is 131. The molecule has 1 heterocycles. The van der Waals surface area contributed by atoms with Gasteiger partial charge in [0.2, 0.25) is 0 Å². The summed E-state index contributed by atoms with van der Waals surface area (Å²) >= 11 is 0. The molecule has 0 aromatic rings. The lowest BCUT2D eigenvalue weighted by Crippen LogP contribution is -2.10. The van der Waals surface area contributed by atoms with Crippen LogP contribution < -0.4 is 0 Å². The van der Waals surface area contributed by atoms with Crippen LogP contribution in [0.3, 0.4) is 0 Å².